The minimum atomic E-state index is -4.78. The molecule has 3 aromatic rings. The van der Waals surface area contributed by atoms with Crippen LogP contribution in [0.15, 0.2) is 48.5 Å². The van der Waals surface area contributed by atoms with E-state index in [0.29, 0.717) is 22.2 Å². The van der Waals surface area contributed by atoms with Gasteiger partial charge in [-0.25, -0.2) is 4.79 Å². The summed E-state index contributed by atoms with van der Waals surface area (Å²) < 4.78 is 45.8. The summed E-state index contributed by atoms with van der Waals surface area (Å²) in [6.07, 6.45) is -4.78. The Morgan fingerprint density at radius 1 is 1.08 bits per heavy atom. The van der Waals surface area contributed by atoms with Crippen molar-refractivity contribution in [2.75, 3.05) is 7.11 Å². The Morgan fingerprint density at radius 3 is 2.42 bits per heavy atom. The van der Waals surface area contributed by atoms with Crippen molar-refractivity contribution >= 4 is 16.9 Å². The second-order valence-electron chi connectivity index (χ2n) is 4.99. The van der Waals surface area contributed by atoms with E-state index >= 15 is 0 Å². The Hall–Kier alpha value is -2.96. The van der Waals surface area contributed by atoms with Gasteiger partial charge < -0.3 is 14.5 Å². The molecule has 0 atom stereocenters. The molecule has 1 N–H and O–H groups in total. The fraction of sp³-hybridized carbons (Fsp3) is 0.118. The molecule has 0 aliphatic heterocycles. The molecule has 0 saturated carbocycles. The first-order valence-corrected chi connectivity index (χ1v) is 6.94. The third kappa shape index (κ3) is 3.05. The maximum absolute atomic E-state index is 12.4. The van der Waals surface area contributed by atoms with Gasteiger partial charge in [0.05, 0.1) is 23.9 Å². The number of rotatable bonds is 3. The monoisotopic (exact) mass is 335 g/mol. The molecule has 0 bridgehead atoms. The molecule has 0 saturated heterocycles. The number of carbonyl (C=O) groups excluding carboxylic acids is 1. The molecule has 124 valence electrons. The van der Waals surface area contributed by atoms with Crippen LogP contribution in [-0.4, -0.2) is 24.4 Å². The number of aromatic amines is 1. The minimum Gasteiger partial charge on any atom is -0.465 e. The highest BCUT2D eigenvalue weighted by Gasteiger charge is 2.31. The van der Waals surface area contributed by atoms with Gasteiger partial charge in [0, 0.05) is 11.5 Å². The summed E-state index contributed by atoms with van der Waals surface area (Å²) in [7, 11) is 1.25. The molecule has 1 heterocycles. The van der Waals surface area contributed by atoms with Crippen LogP contribution < -0.4 is 4.74 Å². The molecule has 0 unspecified atom stereocenters. The fourth-order valence-electron chi connectivity index (χ4n) is 2.51. The van der Waals surface area contributed by atoms with Gasteiger partial charge in [-0.15, -0.1) is 13.2 Å². The number of hydrogen-bond donors (Lipinski definition) is 1. The van der Waals surface area contributed by atoms with Gasteiger partial charge in [0.15, 0.2) is 0 Å². The van der Waals surface area contributed by atoms with Gasteiger partial charge in [-0.05, 0) is 17.7 Å². The van der Waals surface area contributed by atoms with Gasteiger partial charge >= 0.3 is 12.3 Å². The fourth-order valence-corrected chi connectivity index (χ4v) is 2.51. The van der Waals surface area contributed by atoms with Gasteiger partial charge in [0.25, 0.3) is 0 Å². The SMILES string of the molecule is COC(=O)c1c(-c2ccccc2)[nH]c2cc(OC(F)(F)F)ccc12. The maximum atomic E-state index is 12.4. The van der Waals surface area contributed by atoms with Crippen LogP contribution in [0.25, 0.3) is 22.2 Å². The van der Waals surface area contributed by atoms with Gasteiger partial charge in [0.1, 0.15) is 5.75 Å². The molecule has 1 aromatic heterocycles. The van der Waals surface area contributed by atoms with Crippen LogP contribution in [0.3, 0.4) is 0 Å². The van der Waals surface area contributed by atoms with Crippen LogP contribution in [0.4, 0.5) is 13.2 Å². The molecule has 7 heteroatoms. The lowest BCUT2D eigenvalue weighted by molar-refractivity contribution is -0.274. The molecular formula is C17H12F3NO3. The van der Waals surface area contributed by atoms with Crippen molar-refractivity contribution in [2.24, 2.45) is 0 Å². The van der Waals surface area contributed by atoms with Crippen LogP contribution in [0.1, 0.15) is 10.4 Å². The van der Waals surface area contributed by atoms with E-state index in [1.165, 1.54) is 19.2 Å². The summed E-state index contributed by atoms with van der Waals surface area (Å²) in [6, 6.07) is 12.7. The number of fused-ring (bicyclic) bond motifs is 1. The average molecular weight is 335 g/mol. The van der Waals surface area contributed by atoms with Gasteiger partial charge in [-0.3, -0.25) is 0 Å². The first kappa shape index (κ1) is 15.9. The number of carbonyl (C=O) groups is 1. The maximum Gasteiger partial charge on any atom is 0.573 e. The molecule has 0 spiro atoms. The smallest absolute Gasteiger partial charge is 0.465 e. The number of benzene rings is 2. The number of ether oxygens (including phenoxy) is 2. The number of methoxy groups -OCH3 is 1. The Kier molecular flexibility index (Phi) is 3.92. The molecule has 0 aliphatic carbocycles. The van der Waals surface area contributed by atoms with Crippen molar-refractivity contribution in [3.8, 4) is 17.0 Å². The van der Waals surface area contributed by atoms with E-state index in [0.717, 1.165) is 6.07 Å². The predicted octanol–water partition coefficient (Wildman–Crippen LogP) is 4.52. The number of esters is 1. The number of aromatic nitrogens is 1. The lowest BCUT2D eigenvalue weighted by atomic mass is 10.1. The Labute approximate surface area is 134 Å². The summed E-state index contributed by atoms with van der Waals surface area (Å²) in [6.45, 7) is 0. The van der Waals surface area contributed by atoms with Crippen LogP contribution in [-0.2, 0) is 4.74 Å². The van der Waals surface area contributed by atoms with E-state index in [9.17, 15) is 18.0 Å². The zero-order valence-electron chi connectivity index (χ0n) is 12.5. The van der Waals surface area contributed by atoms with E-state index in [2.05, 4.69) is 9.72 Å². The van der Waals surface area contributed by atoms with E-state index in [1.54, 1.807) is 24.3 Å². The van der Waals surface area contributed by atoms with E-state index in [1.807, 2.05) is 6.07 Å². The van der Waals surface area contributed by atoms with Crippen molar-refractivity contribution < 1.29 is 27.4 Å². The molecule has 0 radical (unpaired) electrons. The largest absolute Gasteiger partial charge is 0.573 e. The van der Waals surface area contributed by atoms with Crippen LogP contribution in [0.2, 0.25) is 0 Å². The molecule has 24 heavy (non-hydrogen) atoms. The van der Waals surface area contributed by atoms with Crippen LogP contribution >= 0.6 is 0 Å². The quantitative estimate of drug-likeness (QED) is 0.716. The van der Waals surface area contributed by atoms with Crippen molar-refractivity contribution in [3.05, 3.63) is 54.1 Å². The first-order chi connectivity index (χ1) is 11.4. The summed E-state index contributed by atoms with van der Waals surface area (Å²) >= 11 is 0. The Bertz CT molecular complexity index is 885. The second kappa shape index (κ2) is 5.92. The predicted molar refractivity (Wildman–Crippen MR) is 81.8 cm³/mol. The topological polar surface area (TPSA) is 51.3 Å². The minimum absolute atomic E-state index is 0.261. The molecule has 4 nitrogen and oxygen atoms in total. The van der Waals surface area contributed by atoms with Crippen molar-refractivity contribution in [2.45, 2.75) is 6.36 Å². The molecule has 2 aromatic carbocycles. The van der Waals surface area contributed by atoms with Gasteiger partial charge in [0.2, 0.25) is 0 Å². The number of alkyl halides is 3. The summed E-state index contributed by atoms with van der Waals surface area (Å²) in [4.78, 5) is 15.1. The molecular weight excluding hydrogens is 323 g/mol. The lowest BCUT2D eigenvalue weighted by Crippen LogP contribution is -2.16. The van der Waals surface area contributed by atoms with E-state index < -0.39 is 12.3 Å². The number of hydrogen-bond acceptors (Lipinski definition) is 3. The zero-order chi connectivity index (χ0) is 17.3. The third-order valence-corrected chi connectivity index (χ3v) is 3.46. The Balaban J connectivity index is 2.18. The average Bonchev–Trinajstić information content (AvgIpc) is 2.92. The van der Waals surface area contributed by atoms with Crippen molar-refractivity contribution in [1.29, 1.82) is 0 Å². The summed E-state index contributed by atoms with van der Waals surface area (Å²) in [5.74, 6) is -0.947. The van der Waals surface area contributed by atoms with Crippen molar-refractivity contribution in [3.63, 3.8) is 0 Å². The molecule has 3 rings (SSSR count). The number of H-pyrrole nitrogens is 1. The summed E-state index contributed by atoms with van der Waals surface area (Å²) in [5.41, 5.74) is 1.79. The molecule has 0 amide bonds. The van der Waals surface area contributed by atoms with E-state index in [4.69, 9.17) is 4.74 Å². The number of nitrogens with one attached hydrogen (secondary N) is 1. The summed E-state index contributed by atoms with van der Waals surface area (Å²) in [5, 5.41) is 0.454. The molecule has 0 aliphatic rings. The number of halogens is 3. The standard InChI is InChI=1S/C17H12F3NO3/c1-23-16(22)14-12-8-7-11(24-17(18,19)20)9-13(12)21-15(14)10-5-3-2-4-6-10/h2-9,21H,1H3. The third-order valence-electron chi connectivity index (χ3n) is 3.46. The van der Waals surface area contributed by atoms with Gasteiger partial charge in [-0.1, -0.05) is 30.3 Å². The lowest BCUT2D eigenvalue weighted by Gasteiger charge is -2.08. The van der Waals surface area contributed by atoms with E-state index in [-0.39, 0.29) is 11.3 Å². The highest BCUT2D eigenvalue weighted by atomic mass is 19.4. The van der Waals surface area contributed by atoms with Crippen LogP contribution in [0, 0.1) is 0 Å². The van der Waals surface area contributed by atoms with Gasteiger partial charge in [-0.2, -0.15) is 0 Å². The second-order valence-corrected chi connectivity index (χ2v) is 4.99. The Morgan fingerprint density at radius 2 is 1.79 bits per heavy atom. The first-order valence-electron chi connectivity index (χ1n) is 6.94. The highest BCUT2D eigenvalue weighted by molar-refractivity contribution is 6.10. The van der Waals surface area contributed by atoms with Crippen molar-refractivity contribution in [1.82, 2.24) is 4.98 Å². The van der Waals surface area contributed by atoms with Crippen LogP contribution in [0.5, 0.6) is 5.75 Å². The normalized spacial score (nSPS) is 11.5. The zero-order valence-corrected chi connectivity index (χ0v) is 12.5. The highest BCUT2D eigenvalue weighted by Crippen LogP contribution is 2.34. The molecule has 0 fully saturated rings.